The van der Waals surface area contributed by atoms with E-state index in [1.165, 1.54) is 0 Å². The molecule has 0 saturated carbocycles. The molecular formula is C17H19Cl2NO. The second-order valence-corrected chi connectivity index (χ2v) is 5.65. The Hall–Kier alpha value is -1.22. The summed E-state index contributed by atoms with van der Waals surface area (Å²) in [7, 11) is 0. The Kier molecular flexibility index (Phi) is 5.92. The van der Waals surface area contributed by atoms with Gasteiger partial charge in [0.15, 0.2) is 0 Å². The molecule has 1 N–H and O–H groups in total. The van der Waals surface area contributed by atoms with Crippen LogP contribution in [0.4, 0.5) is 5.69 Å². The molecule has 0 radical (unpaired) electrons. The maximum absolute atomic E-state index is 6.08. The van der Waals surface area contributed by atoms with Crippen LogP contribution in [0.25, 0.3) is 0 Å². The van der Waals surface area contributed by atoms with Crippen LogP contribution in [0.1, 0.15) is 31.0 Å². The molecule has 0 fully saturated rings. The minimum Gasteiger partial charge on any atom is -0.378 e. The summed E-state index contributed by atoms with van der Waals surface area (Å²) < 4.78 is 5.50. The molecule has 1 unspecified atom stereocenters. The highest BCUT2D eigenvalue weighted by molar-refractivity contribution is 6.42. The van der Waals surface area contributed by atoms with Gasteiger partial charge in [0, 0.05) is 23.9 Å². The highest BCUT2D eigenvalue weighted by atomic mass is 35.5. The molecule has 0 aromatic heterocycles. The van der Waals surface area contributed by atoms with Crippen LogP contribution >= 0.6 is 23.2 Å². The summed E-state index contributed by atoms with van der Waals surface area (Å²) in [6.45, 7) is 5.40. The summed E-state index contributed by atoms with van der Waals surface area (Å²) in [6.07, 6.45) is 0. The molecule has 4 heteroatoms. The van der Waals surface area contributed by atoms with Crippen LogP contribution in [-0.2, 0) is 11.3 Å². The first kappa shape index (κ1) is 16.2. The van der Waals surface area contributed by atoms with E-state index >= 15 is 0 Å². The maximum Gasteiger partial charge on any atom is 0.0736 e. The van der Waals surface area contributed by atoms with Gasteiger partial charge >= 0.3 is 0 Å². The van der Waals surface area contributed by atoms with E-state index in [0.717, 1.165) is 16.8 Å². The minimum absolute atomic E-state index is 0.127. The van der Waals surface area contributed by atoms with Crippen LogP contribution in [0.2, 0.25) is 10.0 Å². The van der Waals surface area contributed by atoms with E-state index in [4.69, 9.17) is 27.9 Å². The van der Waals surface area contributed by atoms with Crippen molar-refractivity contribution in [3.63, 3.8) is 0 Å². The predicted octanol–water partition coefficient (Wildman–Crippen LogP) is 5.70. The zero-order valence-corrected chi connectivity index (χ0v) is 13.7. The molecule has 0 spiro atoms. The van der Waals surface area contributed by atoms with Gasteiger partial charge in [0.1, 0.15) is 0 Å². The molecule has 0 saturated heterocycles. The lowest BCUT2D eigenvalue weighted by molar-refractivity contribution is 0.134. The van der Waals surface area contributed by atoms with E-state index in [9.17, 15) is 0 Å². The highest BCUT2D eigenvalue weighted by Crippen LogP contribution is 2.28. The topological polar surface area (TPSA) is 21.3 Å². The van der Waals surface area contributed by atoms with Crippen molar-refractivity contribution in [2.75, 3.05) is 11.9 Å². The quantitative estimate of drug-likeness (QED) is 0.735. The Morgan fingerprint density at radius 1 is 1.10 bits per heavy atom. The third kappa shape index (κ3) is 4.37. The number of rotatable bonds is 6. The summed E-state index contributed by atoms with van der Waals surface area (Å²) in [6, 6.07) is 14.0. The Morgan fingerprint density at radius 2 is 1.86 bits per heavy atom. The molecule has 2 aromatic rings. The van der Waals surface area contributed by atoms with Gasteiger partial charge in [-0.1, -0.05) is 47.5 Å². The predicted molar refractivity (Wildman–Crippen MR) is 90.3 cm³/mol. The molecule has 0 bridgehead atoms. The van der Waals surface area contributed by atoms with Crippen molar-refractivity contribution in [2.24, 2.45) is 0 Å². The Bertz CT molecular complexity index is 601. The monoisotopic (exact) mass is 323 g/mol. The van der Waals surface area contributed by atoms with E-state index in [2.05, 4.69) is 24.4 Å². The van der Waals surface area contributed by atoms with Crippen molar-refractivity contribution >= 4 is 28.9 Å². The second kappa shape index (κ2) is 7.69. The molecule has 0 amide bonds. The number of nitrogens with one attached hydrogen (secondary N) is 1. The van der Waals surface area contributed by atoms with Crippen molar-refractivity contribution < 1.29 is 4.74 Å². The molecule has 0 heterocycles. The van der Waals surface area contributed by atoms with Gasteiger partial charge in [-0.05, 0) is 37.6 Å². The lowest BCUT2D eigenvalue weighted by atomic mass is 10.1. The molecule has 21 heavy (non-hydrogen) atoms. The Labute approximate surface area is 136 Å². The fourth-order valence-corrected chi connectivity index (χ4v) is 2.40. The number of anilines is 1. The van der Waals surface area contributed by atoms with E-state index in [0.29, 0.717) is 23.3 Å². The molecule has 2 rings (SSSR count). The number of hydrogen-bond acceptors (Lipinski definition) is 2. The molecule has 0 aliphatic rings. The van der Waals surface area contributed by atoms with Crippen LogP contribution in [0, 0.1) is 0 Å². The van der Waals surface area contributed by atoms with Crippen LogP contribution in [-0.4, -0.2) is 6.61 Å². The van der Waals surface area contributed by atoms with Crippen LogP contribution in [0.15, 0.2) is 42.5 Å². The molecule has 2 nitrogen and oxygen atoms in total. The highest BCUT2D eigenvalue weighted by Gasteiger charge is 2.10. The third-order valence-corrected chi connectivity index (χ3v) is 4.03. The average Bonchev–Trinajstić information content (AvgIpc) is 2.49. The smallest absolute Gasteiger partial charge is 0.0736 e. The molecular weight excluding hydrogens is 305 g/mol. The zero-order chi connectivity index (χ0) is 15.2. The van der Waals surface area contributed by atoms with Crippen molar-refractivity contribution in [1.82, 2.24) is 0 Å². The van der Waals surface area contributed by atoms with Gasteiger partial charge < -0.3 is 10.1 Å². The van der Waals surface area contributed by atoms with Gasteiger partial charge in [-0.3, -0.25) is 0 Å². The first-order chi connectivity index (χ1) is 10.1. The molecule has 0 aliphatic heterocycles. The fourth-order valence-electron chi connectivity index (χ4n) is 2.10. The summed E-state index contributed by atoms with van der Waals surface area (Å²) in [5.74, 6) is 0. The van der Waals surface area contributed by atoms with Crippen molar-refractivity contribution in [3.8, 4) is 0 Å². The minimum atomic E-state index is 0.127. The molecule has 112 valence electrons. The molecule has 1 atom stereocenters. The van der Waals surface area contributed by atoms with Gasteiger partial charge in [-0.25, -0.2) is 0 Å². The molecule has 2 aromatic carbocycles. The van der Waals surface area contributed by atoms with Gasteiger partial charge in [-0.15, -0.1) is 0 Å². The van der Waals surface area contributed by atoms with Gasteiger partial charge in [-0.2, -0.15) is 0 Å². The third-order valence-electron chi connectivity index (χ3n) is 3.29. The summed E-state index contributed by atoms with van der Waals surface area (Å²) >= 11 is 12.0. The van der Waals surface area contributed by atoms with Crippen LogP contribution in [0.5, 0.6) is 0 Å². The standard InChI is InChI=1S/C17H19Cl2NO/c1-3-21-11-14-6-4-5-7-17(14)20-12(2)13-8-9-15(18)16(19)10-13/h4-10,12,20H,3,11H2,1-2H3. The van der Waals surface area contributed by atoms with E-state index in [1.807, 2.05) is 37.3 Å². The molecule has 0 aliphatic carbocycles. The zero-order valence-electron chi connectivity index (χ0n) is 12.2. The van der Waals surface area contributed by atoms with E-state index in [-0.39, 0.29) is 6.04 Å². The van der Waals surface area contributed by atoms with E-state index < -0.39 is 0 Å². The first-order valence-electron chi connectivity index (χ1n) is 6.99. The lowest BCUT2D eigenvalue weighted by Crippen LogP contribution is -2.09. The Morgan fingerprint density at radius 3 is 2.57 bits per heavy atom. The number of benzene rings is 2. The lowest BCUT2D eigenvalue weighted by Gasteiger charge is -2.19. The first-order valence-corrected chi connectivity index (χ1v) is 7.74. The van der Waals surface area contributed by atoms with Gasteiger partial charge in [0.25, 0.3) is 0 Å². The number of ether oxygens (including phenoxy) is 1. The normalized spacial score (nSPS) is 12.2. The summed E-state index contributed by atoms with van der Waals surface area (Å²) in [5.41, 5.74) is 3.31. The van der Waals surface area contributed by atoms with Crippen molar-refractivity contribution in [1.29, 1.82) is 0 Å². The van der Waals surface area contributed by atoms with Crippen molar-refractivity contribution in [2.45, 2.75) is 26.5 Å². The number of halogens is 2. The maximum atomic E-state index is 6.08. The largest absolute Gasteiger partial charge is 0.378 e. The number of hydrogen-bond donors (Lipinski definition) is 1. The van der Waals surface area contributed by atoms with E-state index in [1.54, 1.807) is 0 Å². The van der Waals surface area contributed by atoms with Crippen molar-refractivity contribution in [3.05, 3.63) is 63.6 Å². The van der Waals surface area contributed by atoms with Crippen LogP contribution < -0.4 is 5.32 Å². The summed E-state index contributed by atoms with van der Waals surface area (Å²) in [4.78, 5) is 0. The fraction of sp³-hybridized carbons (Fsp3) is 0.294. The number of para-hydroxylation sites is 1. The van der Waals surface area contributed by atoms with Gasteiger partial charge in [0.05, 0.1) is 16.7 Å². The second-order valence-electron chi connectivity index (χ2n) is 4.83. The SMILES string of the molecule is CCOCc1ccccc1NC(C)c1ccc(Cl)c(Cl)c1. The average molecular weight is 324 g/mol. The summed E-state index contributed by atoms with van der Waals surface area (Å²) in [5, 5.41) is 4.65. The van der Waals surface area contributed by atoms with Gasteiger partial charge in [0.2, 0.25) is 0 Å². The van der Waals surface area contributed by atoms with Crippen LogP contribution in [0.3, 0.4) is 0 Å². The Balaban J connectivity index is 2.15.